The summed E-state index contributed by atoms with van der Waals surface area (Å²) in [5, 5.41) is 2.90. The molecule has 32 heavy (non-hydrogen) atoms. The number of benzene rings is 2. The Morgan fingerprint density at radius 1 is 1.16 bits per heavy atom. The van der Waals surface area contributed by atoms with Crippen LogP contribution in [0.4, 0.5) is 0 Å². The number of para-hydroxylation sites is 2. The topological polar surface area (TPSA) is 111 Å². The number of nitrogens with one attached hydrogen (secondary N) is 1. The van der Waals surface area contributed by atoms with Crippen LogP contribution in [0.1, 0.15) is 12.8 Å². The molecule has 0 spiro atoms. The number of amides is 1. The fourth-order valence-corrected chi connectivity index (χ4v) is 6.30. The predicted molar refractivity (Wildman–Crippen MR) is 118 cm³/mol. The number of fused-ring (bicyclic) bond motifs is 2. The van der Waals surface area contributed by atoms with E-state index in [0.717, 1.165) is 11.7 Å². The largest absolute Gasteiger partial charge is 0.486 e. The molecule has 9 nitrogen and oxygen atoms in total. The Balaban J connectivity index is 1.23. The number of rotatable bonds is 5. The quantitative estimate of drug-likeness (QED) is 0.602. The molecule has 0 saturated carbocycles. The van der Waals surface area contributed by atoms with Crippen molar-refractivity contribution in [1.82, 2.24) is 18.4 Å². The zero-order valence-corrected chi connectivity index (χ0v) is 18.8. The third kappa shape index (κ3) is 4.03. The molecule has 1 amide bonds. The number of sulfonamides is 1. The lowest BCUT2D eigenvalue weighted by Crippen LogP contribution is -2.48. The summed E-state index contributed by atoms with van der Waals surface area (Å²) in [4.78, 5) is 13.0. The maximum Gasteiger partial charge on any atom is 0.245 e. The van der Waals surface area contributed by atoms with Crippen molar-refractivity contribution in [2.75, 3.05) is 26.2 Å². The van der Waals surface area contributed by atoms with Gasteiger partial charge in [0.15, 0.2) is 11.5 Å². The van der Waals surface area contributed by atoms with Crippen LogP contribution < -0.4 is 14.8 Å². The molecule has 1 saturated heterocycles. The third-order valence-electron chi connectivity index (χ3n) is 5.69. The summed E-state index contributed by atoms with van der Waals surface area (Å²) in [6.45, 7) is 1.14. The fourth-order valence-electron chi connectivity index (χ4n) is 4.03. The Morgan fingerprint density at radius 2 is 2.00 bits per heavy atom. The molecule has 1 N–H and O–H groups in total. The van der Waals surface area contributed by atoms with Gasteiger partial charge in [-0.15, -0.1) is 0 Å². The molecule has 2 aliphatic rings. The summed E-state index contributed by atoms with van der Waals surface area (Å²) in [7, 11) is -3.78. The number of ether oxygens (including phenoxy) is 2. The van der Waals surface area contributed by atoms with E-state index < -0.39 is 15.9 Å². The summed E-state index contributed by atoms with van der Waals surface area (Å²) in [6, 6.07) is 12.3. The lowest BCUT2D eigenvalue weighted by Gasteiger charge is -2.32. The lowest BCUT2D eigenvalue weighted by molar-refractivity contribution is -0.126. The second-order valence-corrected chi connectivity index (χ2v) is 10.3. The van der Waals surface area contributed by atoms with Crippen molar-refractivity contribution in [3.8, 4) is 11.5 Å². The first-order chi connectivity index (χ1) is 15.5. The van der Waals surface area contributed by atoms with Crippen LogP contribution in [0.3, 0.4) is 0 Å². The van der Waals surface area contributed by atoms with Crippen LogP contribution in [-0.2, 0) is 14.8 Å². The maximum absolute atomic E-state index is 13.3. The van der Waals surface area contributed by atoms with E-state index in [1.54, 1.807) is 18.2 Å². The van der Waals surface area contributed by atoms with Gasteiger partial charge in [0.2, 0.25) is 15.9 Å². The molecule has 2 atom stereocenters. The van der Waals surface area contributed by atoms with Crippen molar-refractivity contribution in [1.29, 1.82) is 0 Å². The summed E-state index contributed by atoms with van der Waals surface area (Å²) in [5.41, 5.74) is 0.928. The first kappa shape index (κ1) is 21.1. The zero-order chi connectivity index (χ0) is 22.1. The highest BCUT2D eigenvalue weighted by Gasteiger charge is 2.35. The Hall–Kier alpha value is -2.76. The molecule has 0 radical (unpaired) electrons. The van der Waals surface area contributed by atoms with Crippen LogP contribution in [0.5, 0.6) is 11.5 Å². The standard InChI is InChI=1S/C21H22N4O5S2/c26-21(22-11-15-13-29-17-7-1-2-8-18(17)30-15)14-5-4-10-25(12-14)32(27,28)19-9-3-6-16-20(19)24-31-23-16/h1-3,6-9,14-15H,4-5,10-13H2,(H,22,26)/t14-,15-/m0/s1. The van der Waals surface area contributed by atoms with Crippen LogP contribution in [-0.4, -0.2) is 59.7 Å². The van der Waals surface area contributed by atoms with Crippen molar-refractivity contribution in [2.24, 2.45) is 5.92 Å². The SMILES string of the molecule is O=C(NC[C@H]1COc2ccccc2O1)[C@H]1CCCN(S(=O)(=O)c2cccc3nsnc23)C1. The second-order valence-electron chi connectivity index (χ2n) is 7.83. The summed E-state index contributed by atoms with van der Waals surface area (Å²) < 4.78 is 47.8. The van der Waals surface area contributed by atoms with Crippen molar-refractivity contribution >= 4 is 38.7 Å². The molecule has 0 bridgehead atoms. The van der Waals surface area contributed by atoms with Gasteiger partial charge in [0, 0.05) is 13.1 Å². The first-order valence-corrected chi connectivity index (χ1v) is 12.6. The van der Waals surface area contributed by atoms with Crippen molar-refractivity contribution in [3.05, 3.63) is 42.5 Å². The Labute approximate surface area is 189 Å². The number of hydrogen-bond acceptors (Lipinski definition) is 8. The average Bonchev–Trinajstić information content (AvgIpc) is 3.31. The number of carbonyl (C=O) groups excluding carboxylic acids is 1. The van der Waals surface area contributed by atoms with Crippen LogP contribution in [0.2, 0.25) is 0 Å². The van der Waals surface area contributed by atoms with E-state index in [4.69, 9.17) is 9.47 Å². The Bertz CT molecular complexity index is 1250. The molecule has 2 aliphatic heterocycles. The van der Waals surface area contributed by atoms with Gasteiger partial charge < -0.3 is 14.8 Å². The minimum Gasteiger partial charge on any atom is -0.486 e. The monoisotopic (exact) mass is 474 g/mol. The number of nitrogens with zero attached hydrogens (tertiary/aromatic N) is 3. The predicted octanol–water partition coefficient (Wildman–Crippen LogP) is 2.05. The van der Waals surface area contributed by atoms with Gasteiger partial charge in [-0.3, -0.25) is 4.79 Å². The van der Waals surface area contributed by atoms with Gasteiger partial charge in [0.1, 0.15) is 28.6 Å². The number of carbonyl (C=O) groups is 1. The summed E-state index contributed by atoms with van der Waals surface area (Å²) in [5.74, 6) is 0.733. The van der Waals surface area contributed by atoms with Crippen LogP contribution in [0, 0.1) is 5.92 Å². The molecule has 11 heteroatoms. The first-order valence-electron chi connectivity index (χ1n) is 10.4. The maximum atomic E-state index is 13.3. The van der Waals surface area contributed by atoms with Gasteiger partial charge in [-0.1, -0.05) is 18.2 Å². The van der Waals surface area contributed by atoms with E-state index in [0.29, 0.717) is 55.1 Å². The fraction of sp³-hybridized carbons (Fsp3) is 0.381. The highest BCUT2D eigenvalue weighted by Crippen LogP contribution is 2.31. The van der Waals surface area contributed by atoms with E-state index in [1.165, 1.54) is 4.31 Å². The van der Waals surface area contributed by atoms with Crippen molar-refractivity contribution in [2.45, 2.75) is 23.8 Å². The highest BCUT2D eigenvalue weighted by atomic mass is 32.2. The van der Waals surface area contributed by atoms with Gasteiger partial charge in [-0.25, -0.2) is 8.42 Å². The molecule has 2 aromatic carbocycles. The molecule has 168 valence electrons. The van der Waals surface area contributed by atoms with Crippen molar-refractivity contribution in [3.63, 3.8) is 0 Å². The molecule has 3 aromatic rings. The summed E-state index contributed by atoms with van der Waals surface area (Å²) in [6.07, 6.45) is 0.941. The average molecular weight is 475 g/mol. The van der Waals surface area contributed by atoms with E-state index in [-0.39, 0.29) is 23.5 Å². The van der Waals surface area contributed by atoms with Crippen LogP contribution in [0.15, 0.2) is 47.4 Å². The normalized spacial score (nSPS) is 21.4. The smallest absolute Gasteiger partial charge is 0.245 e. The van der Waals surface area contributed by atoms with Crippen molar-refractivity contribution < 1.29 is 22.7 Å². The molecule has 0 unspecified atom stereocenters. The zero-order valence-electron chi connectivity index (χ0n) is 17.1. The summed E-state index contributed by atoms with van der Waals surface area (Å²) >= 11 is 0.982. The van der Waals surface area contributed by atoms with Gasteiger partial charge in [-0.05, 0) is 37.1 Å². The van der Waals surface area contributed by atoms with Gasteiger partial charge in [0.25, 0.3) is 0 Å². The van der Waals surface area contributed by atoms with E-state index in [9.17, 15) is 13.2 Å². The molecule has 3 heterocycles. The molecule has 1 aromatic heterocycles. The van der Waals surface area contributed by atoms with E-state index in [1.807, 2.05) is 24.3 Å². The lowest BCUT2D eigenvalue weighted by atomic mass is 9.99. The van der Waals surface area contributed by atoms with Gasteiger partial charge >= 0.3 is 0 Å². The Kier molecular flexibility index (Phi) is 5.70. The van der Waals surface area contributed by atoms with Crippen LogP contribution in [0.25, 0.3) is 11.0 Å². The van der Waals surface area contributed by atoms with Gasteiger partial charge in [-0.2, -0.15) is 13.1 Å². The van der Waals surface area contributed by atoms with Gasteiger partial charge in [0.05, 0.1) is 24.2 Å². The number of hydrogen-bond donors (Lipinski definition) is 1. The number of piperidine rings is 1. The van der Waals surface area contributed by atoms with E-state index >= 15 is 0 Å². The molecular weight excluding hydrogens is 452 g/mol. The minimum absolute atomic E-state index is 0.132. The molecule has 0 aliphatic carbocycles. The molecule has 1 fully saturated rings. The Morgan fingerprint density at radius 3 is 2.88 bits per heavy atom. The molecule has 5 rings (SSSR count). The number of aromatic nitrogens is 2. The van der Waals surface area contributed by atoms with E-state index in [2.05, 4.69) is 14.1 Å². The van der Waals surface area contributed by atoms with Crippen LogP contribution >= 0.6 is 11.7 Å². The highest BCUT2D eigenvalue weighted by molar-refractivity contribution is 7.89. The third-order valence-corrected chi connectivity index (χ3v) is 8.13. The molecular formula is C21H22N4O5S2. The second kappa shape index (κ2) is 8.64. The minimum atomic E-state index is -3.78.